The molecular weight excluding hydrogens is 185 g/mol. The minimum absolute atomic E-state index is 0.384. The number of phenols is 1. The minimum Gasteiger partial charge on any atom is -0.505 e. The Balaban J connectivity index is 2.91. The molecule has 1 aromatic rings. The number of phenolic OH excluding ortho intramolecular Hbond substituents is 1. The Morgan fingerprint density at radius 3 is 2.64 bits per heavy atom. The number of rotatable bonds is 3. The molecule has 0 amide bonds. The molecule has 14 heavy (non-hydrogen) atoms. The standard InChI is InChI=1S/C10H14FNO2/c1-2-8(12)10(14)6-3-4-9(13)7(11)5-6/h3-5,8,10,13-14H,2,12H2,1H3. The van der Waals surface area contributed by atoms with Gasteiger partial charge in [-0.15, -0.1) is 0 Å². The Morgan fingerprint density at radius 2 is 2.14 bits per heavy atom. The molecule has 4 N–H and O–H groups in total. The summed E-state index contributed by atoms with van der Waals surface area (Å²) in [6.07, 6.45) is -0.293. The van der Waals surface area contributed by atoms with Crippen molar-refractivity contribution >= 4 is 0 Å². The van der Waals surface area contributed by atoms with Gasteiger partial charge >= 0.3 is 0 Å². The Labute approximate surface area is 82.0 Å². The molecule has 1 aromatic carbocycles. The zero-order valence-corrected chi connectivity index (χ0v) is 7.94. The van der Waals surface area contributed by atoms with E-state index in [9.17, 15) is 9.50 Å². The second-order valence-electron chi connectivity index (χ2n) is 3.23. The maximum absolute atomic E-state index is 12.9. The number of aliphatic hydroxyl groups excluding tert-OH is 1. The molecule has 0 saturated carbocycles. The molecule has 3 nitrogen and oxygen atoms in total. The number of aliphatic hydroxyl groups is 1. The third kappa shape index (κ3) is 2.21. The second kappa shape index (κ2) is 4.39. The van der Waals surface area contributed by atoms with Gasteiger partial charge in [-0.1, -0.05) is 13.0 Å². The summed E-state index contributed by atoms with van der Waals surface area (Å²) in [7, 11) is 0. The minimum atomic E-state index is -0.893. The summed E-state index contributed by atoms with van der Waals surface area (Å²) in [6.45, 7) is 1.84. The molecule has 78 valence electrons. The fraction of sp³-hybridized carbons (Fsp3) is 0.400. The van der Waals surface area contributed by atoms with Gasteiger partial charge in [-0.3, -0.25) is 0 Å². The molecule has 0 spiro atoms. The lowest BCUT2D eigenvalue weighted by Gasteiger charge is -2.17. The topological polar surface area (TPSA) is 66.5 Å². The predicted molar refractivity (Wildman–Crippen MR) is 51.3 cm³/mol. The van der Waals surface area contributed by atoms with Gasteiger partial charge in [-0.05, 0) is 24.1 Å². The molecule has 2 unspecified atom stereocenters. The molecule has 0 bridgehead atoms. The monoisotopic (exact) mass is 199 g/mol. The van der Waals surface area contributed by atoms with Crippen LogP contribution < -0.4 is 5.73 Å². The van der Waals surface area contributed by atoms with Crippen LogP contribution in [0.3, 0.4) is 0 Å². The van der Waals surface area contributed by atoms with Crippen LogP contribution in [0.2, 0.25) is 0 Å². The Kier molecular flexibility index (Phi) is 3.43. The van der Waals surface area contributed by atoms with Crippen LogP contribution in [0.25, 0.3) is 0 Å². The molecular formula is C10H14FNO2. The summed E-state index contributed by atoms with van der Waals surface area (Å²) >= 11 is 0. The van der Waals surface area contributed by atoms with Gasteiger partial charge in [-0.2, -0.15) is 0 Å². The summed E-state index contributed by atoms with van der Waals surface area (Å²) in [5.74, 6) is -1.17. The van der Waals surface area contributed by atoms with Crippen LogP contribution in [-0.4, -0.2) is 16.3 Å². The SMILES string of the molecule is CCC(N)C(O)c1ccc(O)c(F)c1. The second-order valence-corrected chi connectivity index (χ2v) is 3.23. The van der Waals surface area contributed by atoms with E-state index in [2.05, 4.69) is 0 Å². The summed E-state index contributed by atoms with van der Waals surface area (Å²) in [4.78, 5) is 0. The van der Waals surface area contributed by atoms with Crippen LogP contribution >= 0.6 is 0 Å². The molecule has 0 fully saturated rings. The van der Waals surface area contributed by atoms with Gasteiger partial charge in [0, 0.05) is 6.04 Å². The number of benzene rings is 1. The Hall–Kier alpha value is -1.13. The third-order valence-electron chi connectivity index (χ3n) is 2.19. The van der Waals surface area contributed by atoms with E-state index in [4.69, 9.17) is 10.8 Å². The lowest BCUT2D eigenvalue weighted by molar-refractivity contribution is 0.144. The van der Waals surface area contributed by atoms with Crippen molar-refractivity contribution in [2.45, 2.75) is 25.5 Å². The Bertz CT molecular complexity index is 317. The summed E-state index contributed by atoms with van der Waals surface area (Å²) < 4.78 is 12.9. The Morgan fingerprint density at radius 1 is 1.50 bits per heavy atom. The van der Waals surface area contributed by atoms with Crippen LogP contribution in [0.5, 0.6) is 5.75 Å². The number of hydrogen-bond acceptors (Lipinski definition) is 3. The highest BCUT2D eigenvalue weighted by molar-refractivity contribution is 5.29. The summed E-state index contributed by atoms with van der Waals surface area (Å²) in [5.41, 5.74) is 5.99. The molecule has 0 heterocycles. The maximum Gasteiger partial charge on any atom is 0.165 e. The number of nitrogens with two attached hydrogens (primary N) is 1. The van der Waals surface area contributed by atoms with E-state index in [0.717, 1.165) is 6.07 Å². The predicted octanol–water partition coefficient (Wildman–Crippen LogP) is 1.30. The van der Waals surface area contributed by atoms with Crippen LogP contribution in [0.1, 0.15) is 25.0 Å². The first-order valence-corrected chi connectivity index (χ1v) is 4.48. The van der Waals surface area contributed by atoms with Gasteiger partial charge < -0.3 is 15.9 Å². The number of hydrogen-bond donors (Lipinski definition) is 3. The van der Waals surface area contributed by atoms with E-state index in [-0.39, 0.29) is 0 Å². The first-order chi connectivity index (χ1) is 6.56. The van der Waals surface area contributed by atoms with E-state index in [0.29, 0.717) is 12.0 Å². The molecule has 0 radical (unpaired) electrons. The molecule has 0 saturated heterocycles. The van der Waals surface area contributed by atoms with E-state index in [1.165, 1.54) is 12.1 Å². The first-order valence-electron chi connectivity index (χ1n) is 4.48. The average molecular weight is 199 g/mol. The van der Waals surface area contributed by atoms with Gasteiger partial charge in [0.1, 0.15) is 0 Å². The summed E-state index contributed by atoms with van der Waals surface area (Å²) in [6, 6.07) is 3.34. The van der Waals surface area contributed by atoms with Crippen molar-refractivity contribution in [1.82, 2.24) is 0 Å². The van der Waals surface area contributed by atoms with Crippen molar-refractivity contribution < 1.29 is 14.6 Å². The zero-order chi connectivity index (χ0) is 10.7. The molecule has 0 aliphatic carbocycles. The van der Waals surface area contributed by atoms with Gasteiger partial charge in [0.2, 0.25) is 0 Å². The lowest BCUT2D eigenvalue weighted by Crippen LogP contribution is -2.27. The van der Waals surface area contributed by atoms with Crippen molar-refractivity contribution in [2.24, 2.45) is 5.73 Å². The van der Waals surface area contributed by atoms with E-state index in [1.807, 2.05) is 6.92 Å². The van der Waals surface area contributed by atoms with Crippen LogP contribution in [0.15, 0.2) is 18.2 Å². The van der Waals surface area contributed by atoms with Crippen molar-refractivity contribution in [3.63, 3.8) is 0 Å². The highest BCUT2D eigenvalue weighted by Crippen LogP contribution is 2.22. The molecule has 0 aliphatic rings. The van der Waals surface area contributed by atoms with Gasteiger partial charge in [0.05, 0.1) is 6.10 Å². The number of aromatic hydroxyl groups is 1. The molecule has 1 rings (SSSR count). The number of halogens is 1. The maximum atomic E-state index is 12.9. The van der Waals surface area contributed by atoms with E-state index in [1.54, 1.807) is 0 Å². The summed E-state index contributed by atoms with van der Waals surface area (Å²) in [5, 5.41) is 18.6. The molecule has 2 atom stereocenters. The van der Waals surface area contributed by atoms with Crippen molar-refractivity contribution in [3.8, 4) is 5.75 Å². The highest BCUT2D eigenvalue weighted by Gasteiger charge is 2.16. The van der Waals surface area contributed by atoms with Gasteiger partial charge in [0.15, 0.2) is 11.6 Å². The lowest BCUT2D eigenvalue weighted by atomic mass is 10.0. The molecule has 4 heteroatoms. The van der Waals surface area contributed by atoms with Crippen LogP contribution in [-0.2, 0) is 0 Å². The van der Waals surface area contributed by atoms with Crippen molar-refractivity contribution in [3.05, 3.63) is 29.6 Å². The fourth-order valence-corrected chi connectivity index (χ4v) is 1.18. The third-order valence-corrected chi connectivity index (χ3v) is 2.19. The van der Waals surface area contributed by atoms with E-state index >= 15 is 0 Å². The fourth-order valence-electron chi connectivity index (χ4n) is 1.18. The average Bonchev–Trinajstić information content (AvgIpc) is 2.20. The molecule has 0 aromatic heterocycles. The zero-order valence-electron chi connectivity index (χ0n) is 7.94. The largest absolute Gasteiger partial charge is 0.505 e. The van der Waals surface area contributed by atoms with E-state index < -0.39 is 23.7 Å². The molecule has 0 aliphatic heterocycles. The van der Waals surface area contributed by atoms with Crippen molar-refractivity contribution in [2.75, 3.05) is 0 Å². The van der Waals surface area contributed by atoms with Gasteiger partial charge in [-0.25, -0.2) is 4.39 Å². The first kappa shape index (κ1) is 10.9. The van der Waals surface area contributed by atoms with Crippen LogP contribution in [0.4, 0.5) is 4.39 Å². The normalized spacial score (nSPS) is 15.1. The quantitative estimate of drug-likeness (QED) is 0.687. The van der Waals surface area contributed by atoms with Crippen molar-refractivity contribution in [1.29, 1.82) is 0 Å². The highest BCUT2D eigenvalue weighted by atomic mass is 19.1. The van der Waals surface area contributed by atoms with Crippen LogP contribution in [0, 0.1) is 5.82 Å². The van der Waals surface area contributed by atoms with Gasteiger partial charge in [0.25, 0.3) is 0 Å². The smallest absolute Gasteiger partial charge is 0.165 e.